The maximum absolute atomic E-state index is 11.9. The Bertz CT molecular complexity index is 221. The molecule has 0 amide bonds. The minimum Gasteiger partial charge on any atom is -0.393 e. The molecule has 0 aromatic heterocycles. The van der Waals surface area contributed by atoms with Gasteiger partial charge in [-0.25, -0.2) is 0 Å². The van der Waals surface area contributed by atoms with Crippen molar-refractivity contribution in [3.63, 3.8) is 0 Å². The van der Waals surface area contributed by atoms with Crippen LogP contribution < -0.4 is 5.73 Å². The first kappa shape index (κ1) is 16.0. The summed E-state index contributed by atoms with van der Waals surface area (Å²) in [5.41, 5.74) is 1.31. The highest BCUT2D eigenvalue weighted by Gasteiger charge is 2.27. The monoisotopic (exact) mass is 274 g/mol. The lowest BCUT2D eigenvalue weighted by Gasteiger charge is -2.23. The number of nitrogens with zero attached hydrogens (tertiary/aromatic N) is 1. The van der Waals surface area contributed by atoms with E-state index in [-0.39, 0.29) is 23.4 Å². The van der Waals surface area contributed by atoms with Gasteiger partial charge in [-0.05, 0) is 18.3 Å². The van der Waals surface area contributed by atoms with Gasteiger partial charge in [0.2, 0.25) is 0 Å². The molecule has 1 unspecified atom stereocenters. The molecule has 0 spiro atoms. The van der Waals surface area contributed by atoms with E-state index >= 15 is 0 Å². The minimum absolute atomic E-state index is 0.00699. The van der Waals surface area contributed by atoms with Crippen molar-refractivity contribution in [1.82, 2.24) is 4.90 Å². The third-order valence-corrected chi connectivity index (χ3v) is 3.25. The highest BCUT2D eigenvalue weighted by molar-refractivity contribution is 8.00. The topological polar surface area (TPSA) is 29.3 Å². The Morgan fingerprint density at radius 2 is 2.06 bits per heavy atom. The van der Waals surface area contributed by atoms with Gasteiger partial charge in [0, 0.05) is 24.8 Å². The van der Waals surface area contributed by atoms with E-state index in [2.05, 4.69) is 0 Å². The van der Waals surface area contributed by atoms with Crippen molar-refractivity contribution in [3.8, 4) is 0 Å². The van der Waals surface area contributed by atoms with Crippen molar-refractivity contribution in [2.75, 3.05) is 25.4 Å². The molecule has 2 nitrogen and oxygen atoms in total. The van der Waals surface area contributed by atoms with Gasteiger partial charge in [0.25, 0.3) is 0 Å². The summed E-state index contributed by atoms with van der Waals surface area (Å²) in [5.74, 6) is 0.0762. The van der Waals surface area contributed by atoms with E-state index in [1.807, 2.05) is 18.7 Å². The number of alkyl halides is 3. The second-order valence-corrected chi connectivity index (χ2v) is 5.12. The summed E-state index contributed by atoms with van der Waals surface area (Å²) >= 11 is 4.83. The number of thioether (sulfide) groups is 1. The second-order valence-electron chi connectivity index (χ2n) is 3.49. The number of nitrogens with two attached hydrogens (primary N) is 1. The second kappa shape index (κ2) is 7.34. The maximum Gasteiger partial charge on any atom is 0.441 e. The lowest BCUT2D eigenvalue weighted by atomic mass is 10.1. The molecular weight excluding hydrogens is 257 g/mol. The van der Waals surface area contributed by atoms with Crippen molar-refractivity contribution in [2.45, 2.75) is 19.4 Å². The van der Waals surface area contributed by atoms with Crippen molar-refractivity contribution < 1.29 is 13.2 Å². The van der Waals surface area contributed by atoms with E-state index in [0.29, 0.717) is 24.6 Å². The zero-order valence-corrected chi connectivity index (χ0v) is 11.0. The van der Waals surface area contributed by atoms with Crippen molar-refractivity contribution in [1.29, 1.82) is 0 Å². The molecule has 0 aliphatic carbocycles. The van der Waals surface area contributed by atoms with Crippen LogP contribution in [0.5, 0.6) is 0 Å². The smallest absolute Gasteiger partial charge is 0.393 e. The number of thiocarbonyl (C=S) groups is 1. The third kappa shape index (κ3) is 8.18. The molecule has 0 radical (unpaired) electrons. The SMILES string of the molecule is CCN(CCSC(F)(F)F)CC(C)C(N)=S. The normalized spacial score (nSPS) is 14.1. The molecule has 0 fully saturated rings. The van der Waals surface area contributed by atoms with Gasteiger partial charge in [-0.1, -0.05) is 26.1 Å². The Labute approximate surface area is 104 Å². The Balaban J connectivity index is 3.88. The van der Waals surface area contributed by atoms with Gasteiger partial charge in [0.15, 0.2) is 0 Å². The summed E-state index contributed by atoms with van der Waals surface area (Å²) in [6, 6.07) is 0. The summed E-state index contributed by atoms with van der Waals surface area (Å²) in [4.78, 5) is 2.32. The summed E-state index contributed by atoms with van der Waals surface area (Å²) in [5, 5.41) is 0. The van der Waals surface area contributed by atoms with Gasteiger partial charge in [-0.3, -0.25) is 0 Å². The standard InChI is InChI=1S/C9H17F3N2S2/c1-3-14(6-7(2)8(13)15)4-5-16-9(10,11)12/h7H,3-6H2,1-2H3,(H2,13,15). The van der Waals surface area contributed by atoms with Gasteiger partial charge in [-0.2, -0.15) is 13.2 Å². The number of hydrogen-bond acceptors (Lipinski definition) is 3. The third-order valence-electron chi connectivity index (χ3n) is 2.14. The lowest BCUT2D eigenvalue weighted by Crippen LogP contribution is -2.35. The largest absolute Gasteiger partial charge is 0.441 e. The summed E-state index contributed by atoms with van der Waals surface area (Å²) < 4.78 is 35.7. The minimum atomic E-state index is -4.14. The van der Waals surface area contributed by atoms with Crippen LogP contribution in [-0.2, 0) is 0 Å². The van der Waals surface area contributed by atoms with Crippen molar-refractivity contribution >= 4 is 29.0 Å². The van der Waals surface area contributed by atoms with E-state index in [9.17, 15) is 13.2 Å². The van der Waals surface area contributed by atoms with E-state index in [0.717, 1.165) is 0 Å². The Morgan fingerprint density at radius 3 is 2.44 bits per heavy atom. The average Bonchev–Trinajstić information content (AvgIpc) is 2.13. The Morgan fingerprint density at radius 1 is 1.50 bits per heavy atom. The number of halogens is 3. The van der Waals surface area contributed by atoms with E-state index < -0.39 is 5.51 Å². The fraction of sp³-hybridized carbons (Fsp3) is 0.889. The van der Waals surface area contributed by atoms with Crippen LogP contribution in [0.15, 0.2) is 0 Å². The highest BCUT2D eigenvalue weighted by atomic mass is 32.2. The highest BCUT2D eigenvalue weighted by Crippen LogP contribution is 2.29. The Kier molecular flexibility index (Phi) is 7.34. The molecule has 0 bridgehead atoms. The molecule has 1 atom stereocenters. The Hall–Kier alpha value is -0.0100. The molecule has 0 heterocycles. The molecular formula is C9H17F3N2S2. The molecule has 0 aromatic rings. The van der Waals surface area contributed by atoms with Gasteiger partial charge >= 0.3 is 5.51 Å². The molecule has 0 aromatic carbocycles. The van der Waals surface area contributed by atoms with Crippen LogP contribution in [0.25, 0.3) is 0 Å². The zero-order chi connectivity index (χ0) is 12.8. The van der Waals surface area contributed by atoms with Gasteiger partial charge in [0.05, 0.1) is 4.99 Å². The molecule has 0 aliphatic heterocycles. The predicted molar refractivity (Wildman–Crippen MR) is 66.6 cm³/mol. The van der Waals surface area contributed by atoms with Crippen LogP contribution in [0.3, 0.4) is 0 Å². The quantitative estimate of drug-likeness (QED) is 0.722. The van der Waals surface area contributed by atoms with E-state index in [1.165, 1.54) is 0 Å². The van der Waals surface area contributed by atoms with Crippen LogP contribution >= 0.6 is 24.0 Å². The fourth-order valence-corrected chi connectivity index (χ4v) is 1.80. The summed E-state index contributed by atoms with van der Waals surface area (Å²) in [7, 11) is 0. The van der Waals surface area contributed by atoms with Gasteiger partial charge in [-0.15, -0.1) is 0 Å². The predicted octanol–water partition coefficient (Wildman–Crippen LogP) is 2.48. The van der Waals surface area contributed by atoms with E-state index in [4.69, 9.17) is 18.0 Å². The number of rotatable bonds is 7. The molecule has 0 aliphatic rings. The van der Waals surface area contributed by atoms with E-state index in [1.54, 1.807) is 0 Å². The molecule has 2 N–H and O–H groups in total. The van der Waals surface area contributed by atoms with Crippen LogP contribution in [-0.4, -0.2) is 40.8 Å². The first-order valence-corrected chi connectivity index (χ1v) is 6.38. The summed E-state index contributed by atoms with van der Waals surface area (Å²) in [6.07, 6.45) is 0. The number of hydrogen-bond donors (Lipinski definition) is 1. The first-order chi connectivity index (χ1) is 7.26. The molecule has 16 heavy (non-hydrogen) atoms. The van der Waals surface area contributed by atoms with Crippen LogP contribution in [0.2, 0.25) is 0 Å². The first-order valence-electron chi connectivity index (χ1n) is 4.98. The molecule has 0 saturated carbocycles. The van der Waals surface area contributed by atoms with Crippen LogP contribution in [0, 0.1) is 5.92 Å². The average molecular weight is 274 g/mol. The summed E-state index contributed by atoms with van der Waals surface area (Å²) in [6.45, 7) is 5.50. The zero-order valence-electron chi connectivity index (χ0n) is 9.38. The molecule has 96 valence electrons. The molecule has 0 saturated heterocycles. The van der Waals surface area contributed by atoms with Gasteiger partial charge in [0.1, 0.15) is 0 Å². The van der Waals surface area contributed by atoms with Gasteiger partial charge < -0.3 is 10.6 Å². The van der Waals surface area contributed by atoms with Crippen molar-refractivity contribution in [2.24, 2.45) is 11.7 Å². The lowest BCUT2D eigenvalue weighted by molar-refractivity contribution is -0.0328. The van der Waals surface area contributed by atoms with Crippen LogP contribution in [0.1, 0.15) is 13.8 Å². The molecule has 0 rings (SSSR count). The van der Waals surface area contributed by atoms with Crippen molar-refractivity contribution in [3.05, 3.63) is 0 Å². The van der Waals surface area contributed by atoms with Crippen LogP contribution in [0.4, 0.5) is 13.2 Å². The molecule has 7 heteroatoms. The maximum atomic E-state index is 11.9. The fourth-order valence-electron chi connectivity index (χ4n) is 1.15.